The molecule has 4 fully saturated rings. The van der Waals surface area contributed by atoms with Gasteiger partial charge in [-0.2, -0.15) is 5.26 Å². The molecule has 2 aliphatic carbocycles. The molecule has 0 radical (unpaired) electrons. The molecule has 2 aliphatic heterocycles. The van der Waals surface area contributed by atoms with Gasteiger partial charge in [0.25, 0.3) is 0 Å². The molecule has 0 spiro atoms. The Bertz CT molecular complexity index is 1660. The maximum atomic E-state index is 13.8. The highest BCUT2D eigenvalue weighted by Crippen LogP contribution is 2.52. The van der Waals surface area contributed by atoms with Crippen molar-refractivity contribution in [1.29, 1.82) is 5.26 Å². The molecule has 2 saturated heterocycles. The molecule has 0 N–H and O–H groups in total. The summed E-state index contributed by atoms with van der Waals surface area (Å²) in [7, 11) is -2.95. The van der Waals surface area contributed by atoms with Crippen molar-refractivity contribution in [2.45, 2.75) is 57.0 Å². The molecule has 1 unspecified atom stereocenters. The van der Waals surface area contributed by atoms with Crippen LogP contribution in [-0.4, -0.2) is 63.5 Å². The second-order valence-corrected chi connectivity index (χ2v) is 16.4. The van der Waals surface area contributed by atoms with E-state index in [1.54, 1.807) is 11.3 Å². The van der Waals surface area contributed by atoms with Crippen LogP contribution in [0.15, 0.2) is 54.6 Å². The minimum absolute atomic E-state index is 0.0266. The van der Waals surface area contributed by atoms with Gasteiger partial charge < -0.3 is 14.5 Å². The second kappa shape index (κ2) is 12.5. The van der Waals surface area contributed by atoms with Crippen molar-refractivity contribution >= 4 is 37.8 Å². The number of nitrogens with zero attached hydrogens (tertiary/aromatic N) is 4. The Morgan fingerprint density at radius 3 is 2.44 bits per heavy atom. The Kier molecular flexibility index (Phi) is 8.44. The monoisotopic (exact) mass is 644 g/mol. The number of carbonyl (C=O) groups is 1. The largest absolute Gasteiger partial charge is 0.370 e. The van der Waals surface area contributed by atoms with Gasteiger partial charge in [0, 0.05) is 43.6 Å². The zero-order chi connectivity index (χ0) is 31.0. The van der Waals surface area contributed by atoms with E-state index in [1.165, 1.54) is 0 Å². The molecule has 0 amide bonds. The summed E-state index contributed by atoms with van der Waals surface area (Å²) < 4.78 is 30.1. The van der Waals surface area contributed by atoms with Crippen molar-refractivity contribution in [1.82, 2.24) is 4.98 Å². The van der Waals surface area contributed by atoms with Gasteiger partial charge in [-0.3, -0.25) is 4.79 Å². The first kappa shape index (κ1) is 30.4. The van der Waals surface area contributed by atoms with Crippen LogP contribution in [0.2, 0.25) is 0 Å². The number of aromatic nitrogens is 1. The van der Waals surface area contributed by atoms with E-state index in [0.717, 1.165) is 77.6 Å². The van der Waals surface area contributed by atoms with Gasteiger partial charge in [0.05, 0.1) is 46.7 Å². The fourth-order valence-electron chi connectivity index (χ4n) is 7.19. The predicted octanol–water partition coefficient (Wildman–Crippen LogP) is 6.16. The number of anilines is 2. The van der Waals surface area contributed by atoms with Crippen molar-refractivity contribution in [2.75, 3.05) is 54.1 Å². The van der Waals surface area contributed by atoms with Gasteiger partial charge >= 0.3 is 0 Å². The molecule has 0 bridgehead atoms. The van der Waals surface area contributed by atoms with Crippen LogP contribution in [0.3, 0.4) is 0 Å². The van der Waals surface area contributed by atoms with Gasteiger partial charge in [-0.1, -0.05) is 66.6 Å². The maximum Gasteiger partial charge on any atom is 0.186 e. The molecule has 8 nitrogen and oxygen atoms in total. The lowest BCUT2D eigenvalue weighted by molar-refractivity contribution is -0.125. The van der Waals surface area contributed by atoms with E-state index in [0.29, 0.717) is 32.7 Å². The number of ether oxygens (including phenoxy) is 1. The van der Waals surface area contributed by atoms with Crippen molar-refractivity contribution < 1.29 is 17.9 Å². The van der Waals surface area contributed by atoms with Crippen LogP contribution in [-0.2, 0) is 19.4 Å². The third-order valence-corrected chi connectivity index (χ3v) is 12.9. The summed E-state index contributed by atoms with van der Waals surface area (Å²) in [4.78, 5) is 24.7. The third kappa shape index (κ3) is 6.53. The fraction of sp³-hybridized carbons (Fsp3) is 0.514. The van der Waals surface area contributed by atoms with E-state index >= 15 is 0 Å². The molecule has 236 valence electrons. The first-order valence-corrected chi connectivity index (χ1v) is 18.9. The summed E-state index contributed by atoms with van der Waals surface area (Å²) in [5.74, 6) is 0.508. The van der Waals surface area contributed by atoms with Crippen LogP contribution in [0, 0.1) is 22.7 Å². The van der Waals surface area contributed by atoms with Crippen LogP contribution in [0.1, 0.15) is 68.2 Å². The topological polar surface area (TPSA) is 104 Å². The zero-order valence-corrected chi connectivity index (χ0v) is 27.2. The normalized spacial score (nSPS) is 25.8. The lowest BCUT2D eigenvalue weighted by Gasteiger charge is -2.33. The minimum Gasteiger partial charge on any atom is -0.370 e. The standard InChI is InChI=1S/C35H40N4O4S2/c36-24-35(14-15-35)22-30(40)28-8-4-5-9-29(28)32-33(26-10-12-27(13-11-26)38-17-20-45(41,42)21-18-38)44-34(37-32)39-16-19-43-31(23-39)25-6-2-1-3-7-25/h1-3,6-7,10-13,28-29,31H,4-5,8-9,14-23H2/t28-,29-,31?/m1/s1. The number of hydrogen-bond acceptors (Lipinski definition) is 9. The Hall–Kier alpha value is -3.26. The van der Waals surface area contributed by atoms with Gasteiger partial charge in [-0.15, -0.1) is 0 Å². The van der Waals surface area contributed by atoms with Gasteiger partial charge in [-0.25, -0.2) is 13.4 Å². The molecular formula is C35H40N4O4S2. The summed E-state index contributed by atoms with van der Waals surface area (Å²) in [6, 6.07) is 21.2. The highest BCUT2D eigenvalue weighted by Gasteiger charge is 2.47. The number of ketones is 1. The number of rotatable bonds is 8. The van der Waals surface area contributed by atoms with Crippen LogP contribution in [0.25, 0.3) is 10.4 Å². The first-order valence-electron chi connectivity index (χ1n) is 16.3. The van der Waals surface area contributed by atoms with Gasteiger partial charge in [0.15, 0.2) is 15.0 Å². The molecule has 1 aromatic heterocycles. The average molecular weight is 645 g/mol. The molecule has 3 heterocycles. The Labute approximate surface area is 269 Å². The predicted molar refractivity (Wildman–Crippen MR) is 177 cm³/mol. The minimum atomic E-state index is -2.95. The number of hydrogen-bond donors (Lipinski definition) is 0. The zero-order valence-electron chi connectivity index (χ0n) is 25.6. The van der Waals surface area contributed by atoms with E-state index in [9.17, 15) is 18.5 Å². The van der Waals surface area contributed by atoms with E-state index in [2.05, 4.69) is 52.3 Å². The van der Waals surface area contributed by atoms with Gasteiger partial charge in [-0.05, 0) is 48.9 Å². The SMILES string of the molecule is N#CC1(CC(=O)[C@@H]2CCCC[C@H]2c2nc(N3CCOC(c4ccccc4)C3)sc2-c2ccc(N3CCS(=O)(=O)CC3)cc2)CC1. The van der Waals surface area contributed by atoms with Crippen LogP contribution in [0.4, 0.5) is 10.8 Å². The van der Waals surface area contributed by atoms with Crippen LogP contribution < -0.4 is 9.80 Å². The van der Waals surface area contributed by atoms with E-state index < -0.39 is 15.3 Å². The lowest BCUT2D eigenvalue weighted by atomic mass is 9.73. The number of Topliss-reactive ketones (excluding diaryl/α,β-unsaturated/α-hetero) is 1. The summed E-state index contributed by atoms with van der Waals surface area (Å²) >= 11 is 1.70. The number of nitriles is 1. The van der Waals surface area contributed by atoms with Crippen molar-refractivity contribution in [3.63, 3.8) is 0 Å². The summed E-state index contributed by atoms with van der Waals surface area (Å²) in [5.41, 5.74) is 3.82. The number of sulfone groups is 1. The fourth-order valence-corrected chi connectivity index (χ4v) is 9.57. The second-order valence-electron chi connectivity index (χ2n) is 13.1. The number of carbonyl (C=O) groups excluding carboxylic acids is 1. The van der Waals surface area contributed by atoms with Gasteiger partial charge in [0.2, 0.25) is 0 Å². The van der Waals surface area contributed by atoms with Crippen molar-refractivity contribution in [2.24, 2.45) is 11.3 Å². The number of benzene rings is 2. The van der Waals surface area contributed by atoms with Crippen molar-refractivity contribution in [3.05, 3.63) is 65.9 Å². The third-order valence-electron chi connectivity index (χ3n) is 10.1. The molecule has 2 saturated carbocycles. The maximum absolute atomic E-state index is 13.8. The molecule has 3 aromatic rings. The molecule has 7 rings (SSSR count). The molecule has 45 heavy (non-hydrogen) atoms. The Morgan fingerprint density at radius 1 is 1.00 bits per heavy atom. The van der Waals surface area contributed by atoms with E-state index in [1.807, 2.05) is 18.2 Å². The van der Waals surface area contributed by atoms with E-state index in [-0.39, 0.29) is 35.2 Å². The Balaban J connectivity index is 1.21. The average Bonchev–Trinajstić information content (AvgIpc) is 3.71. The first-order chi connectivity index (χ1) is 21.8. The van der Waals surface area contributed by atoms with Gasteiger partial charge in [0.1, 0.15) is 11.9 Å². The quantitative estimate of drug-likeness (QED) is 0.287. The number of thiazole rings is 1. The molecule has 2 aromatic carbocycles. The smallest absolute Gasteiger partial charge is 0.186 e. The van der Waals surface area contributed by atoms with Crippen molar-refractivity contribution in [3.8, 4) is 16.5 Å². The Morgan fingerprint density at radius 2 is 1.73 bits per heavy atom. The summed E-state index contributed by atoms with van der Waals surface area (Å²) in [6.45, 7) is 3.10. The highest BCUT2D eigenvalue weighted by molar-refractivity contribution is 7.91. The molecular weight excluding hydrogens is 605 g/mol. The molecule has 4 aliphatic rings. The molecule has 3 atom stereocenters. The number of morpholine rings is 1. The highest BCUT2D eigenvalue weighted by atomic mass is 32.2. The summed E-state index contributed by atoms with van der Waals surface area (Å²) in [6.07, 6.45) is 5.84. The van der Waals surface area contributed by atoms with E-state index in [4.69, 9.17) is 9.72 Å². The summed E-state index contributed by atoms with van der Waals surface area (Å²) in [5, 5.41) is 10.7. The van der Waals surface area contributed by atoms with Crippen LogP contribution >= 0.6 is 11.3 Å². The lowest BCUT2D eigenvalue weighted by Crippen LogP contribution is -2.40. The van der Waals surface area contributed by atoms with Crippen LogP contribution in [0.5, 0.6) is 0 Å². The molecule has 10 heteroatoms.